The van der Waals surface area contributed by atoms with Crippen LogP contribution in [-0.4, -0.2) is 19.3 Å². The predicted octanol–water partition coefficient (Wildman–Crippen LogP) is 1.82. The zero-order valence-corrected chi connectivity index (χ0v) is 7.45. The summed E-state index contributed by atoms with van der Waals surface area (Å²) in [6, 6.07) is 3.97. The molecule has 0 heterocycles. The third kappa shape index (κ3) is 2.17. The van der Waals surface area contributed by atoms with Gasteiger partial charge in [-0.2, -0.15) is 0 Å². The predicted molar refractivity (Wildman–Crippen MR) is 44.8 cm³/mol. The minimum Gasteiger partial charge on any atom is -0.505 e. The van der Waals surface area contributed by atoms with Crippen LogP contribution in [0, 0.1) is 5.82 Å². The summed E-state index contributed by atoms with van der Waals surface area (Å²) in [5.41, 5.74) is 0.528. The number of phenolic OH excluding ortho intramolecular Hbond substituents is 1. The first kappa shape index (κ1) is 9.95. The second-order valence-electron chi connectivity index (χ2n) is 2.51. The molecule has 0 aromatic heterocycles. The molecule has 72 valence electrons. The summed E-state index contributed by atoms with van der Waals surface area (Å²) < 4.78 is 22.7. The van der Waals surface area contributed by atoms with Gasteiger partial charge in [-0.3, -0.25) is 0 Å². The molecule has 0 fully saturated rings. The highest BCUT2D eigenvalue weighted by molar-refractivity contribution is 5.28. The highest BCUT2D eigenvalue weighted by Crippen LogP contribution is 2.22. The van der Waals surface area contributed by atoms with E-state index in [-0.39, 0.29) is 5.75 Å². The van der Waals surface area contributed by atoms with E-state index in [2.05, 4.69) is 0 Å². The molecular weight excluding hydrogens is 175 g/mol. The smallest absolute Gasteiger partial charge is 0.183 e. The molecule has 1 aromatic carbocycles. The summed E-state index contributed by atoms with van der Waals surface area (Å²) in [4.78, 5) is 0. The molecule has 1 aromatic rings. The first-order valence-electron chi connectivity index (χ1n) is 3.73. The number of rotatable bonds is 3. The Morgan fingerprint density at radius 1 is 1.31 bits per heavy atom. The summed E-state index contributed by atoms with van der Waals surface area (Å²) >= 11 is 0. The average molecular weight is 186 g/mol. The van der Waals surface area contributed by atoms with E-state index in [9.17, 15) is 4.39 Å². The van der Waals surface area contributed by atoms with E-state index < -0.39 is 12.1 Å². The van der Waals surface area contributed by atoms with Crippen LogP contribution in [0.1, 0.15) is 11.9 Å². The fourth-order valence-corrected chi connectivity index (χ4v) is 1.04. The van der Waals surface area contributed by atoms with Crippen LogP contribution >= 0.6 is 0 Å². The Kier molecular flexibility index (Phi) is 3.22. The zero-order valence-electron chi connectivity index (χ0n) is 7.45. The van der Waals surface area contributed by atoms with Gasteiger partial charge in [0.1, 0.15) is 0 Å². The number of ether oxygens (including phenoxy) is 2. The molecule has 0 radical (unpaired) electrons. The molecule has 4 heteroatoms. The molecule has 0 spiro atoms. The normalized spacial score (nSPS) is 10.8. The molecule has 0 aliphatic rings. The quantitative estimate of drug-likeness (QED) is 0.732. The Labute approximate surface area is 75.7 Å². The van der Waals surface area contributed by atoms with Gasteiger partial charge in [0, 0.05) is 19.8 Å². The van der Waals surface area contributed by atoms with Crippen molar-refractivity contribution >= 4 is 0 Å². The molecule has 0 aliphatic heterocycles. The van der Waals surface area contributed by atoms with E-state index in [0.29, 0.717) is 5.56 Å². The molecule has 1 N–H and O–H groups in total. The van der Waals surface area contributed by atoms with Gasteiger partial charge < -0.3 is 14.6 Å². The number of benzene rings is 1. The minimum atomic E-state index is -0.684. The lowest BCUT2D eigenvalue weighted by Gasteiger charge is -2.13. The second kappa shape index (κ2) is 4.20. The standard InChI is InChI=1S/C9H11FO3/c1-12-9(13-2)6-3-4-8(11)7(10)5-6/h3-5,9,11H,1-2H3. The van der Waals surface area contributed by atoms with Gasteiger partial charge in [0.05, 0.1) is 0 Å². The Hall–Kier alpha value is -1.13. The summed E-state index contributed by atoms with van der Waals surface area (Å²) in [5.74, 6) is -1.06. The van der Waals surface area contributed by atoms with Gasteiger partial charge in [0.15, 0.2) is 17.9 Å². The minimum absolute atomic E-state index is 0.380. The van der Waals surface area contributed by atoms with Crippen LogP contribution in [0.15, 0.2) is 18.2 Å². The number of aromatic hydroxyl groups is 1. The Bertz CT molecular complexity index is 284. The molecule has 0 aliphatic carbocycles. The lowest BCUT2D eigenvalue weighted by molar-refractivity contribution is -0.106. The highest BCUT2D eigenvalue weighted by Gasteiger charge is 2.10. The number of halogens is 1. The van der Waals surface area contributed by atoms with Crippen molar-refractivity contribution in [2.75, 3.05) is 14.2 Å². The molecule has 0 atom stereocenters. The Balaban J connectivity index is 2.95. The van der Waals surface area contributed by atoms with Crippen LogP contribution in [0.3, 0.4) is 0 Å². The van der Waals surface area contributed by atoms with Gasteiger partial charge in [-0.15, -0.1) is 0 Å². The monoisotopic (exact) mass is 186 g/mol. The van der Waals surface area contributed by atoms with Crippen molar-refractivity contribution in [1.29, 1.82) is 0 Å². The largest absolute Gasteiger partial charge is 0.505 e. The van der Waals surface area contributed by atoms with Crippen molar-refractivity contribution in [3.63, 3.8) is 0 Å². The zero-order chi connectivity index (χ0) is 9.84. The maximum Gasteiger partial charge on any atom is 0.183 e. The molecule has 3 nitrogen and oxygen atoms in total. The van der Waals surface area contributed by atoms with Crippen LogP contribution in [0.2, 0.25) is 0 Å². The summed E-state index contributed by atoms with van der Waals surface area (Å²) in [7, 11) is 2.91. The van der Waals surface area contributed by atoms with E-state index in [4.69, 9.17) is 14.6 Å². The topological polar surface area (TPSA) is 38.7 Å². The summed E-state index contributed by atoms with van der Waals surface area (Å²) in [6.45, 7) is 0. The lowest BCUT2D eigenvalue weighted by atomic mass is 10.2. The Morgan fingerprint density at radius 2 is 1.92 bits per heavy atom. The van der Waals surface area contributed by atoms with Crippen molar-refractivity contribution in [2.24, 2.45) is 0 Å². The average Bonchev–Trinajstić information content (AvgIpc) is 2.13. The van der Waals surface area contributed by atoms with Crippen molar-refractivity contribution < 1.29 is 19.0 Å². The molecule has 0 saturated carbocycles. The van der Waals surface area contributed by atoms with Crippen LogP contribution in [0.5, 0.6) is 5.75 Å². The summed E-state index contributed by atoms with van der Waals surface area (Å²) in [5, 5.41) is 8.91. The number of hydrogen-bond acceptors (Lipinski definition) is 3. The van der Waals surface area contributed by atoms with E-state index in [1.807, 2.05) is 0 Å². The van der Waals surface area contributed by atoms with Crippen LogP contribution in [-0.2, 0) is 9.47 Å². The third-order valence-electron chi connectivity index (χ3n) is 1.67. The number of methoxy groups -OCH3 is 2. The van der Waals surface area contributed by atoms with Crippen molar-refractivity contribution in [3.05, 3.63) is 29.6 Å². The van der Waals surface area contributed by atoms with E-state index in [1.54, 1.807) is 0 Å². The second-order valence-corrected chi connectivity index (χ2v) is 2.51. The van der Waals surface area contributed by atoms with Gasteiger partial charge in [-0.05, 0) is 12.1 Å². The van der Waals surface area contributed by atoms with E-state index in [0.717, 1.165) is 0 Å². The van der Waals surface area contributed by atoms with Crippen LogP contribution in [0.25, 0.3) is 0 Å². The lowest BCUT2D eigenvalue weighted by Crippen LogP contribution is -2.03. The summed E-state index contributed by atoms with van der Waals surface area (Å²) in [6.07, 6.45) is -0.602. The van der Waals surface area contributed by atoms with E-state index >= 15 is 0 Å². The first-order chi connectivity index (χ1) is 6.19. The van der Waals surface area contributed by atoms with Gasteiger partial charge in [-0.25, -0.2) is 4.39 Å². The van der Waals surface area contributed by atoms with Crippen LogP contribution < -0.4 is 0 Å². The molecule has 0 saturated heterocycles. The maximum atomic E-state index is 12.9. The molecule has 0 amide bonds. The fourth-order valence-electron chi connectivity index (χ4n) is 1.04. The van der Waals surface area contributed by atoms with Crippen molar-refractivity contribution in [1.82, 2.24) is 0 Å². The van der Waals surface area contributed by atoms with Crippen LogP contribution in [0.4, 0.5) is 4.39 Å². The van der Waals surface area contributed by atoms with Gasteiger partial charge >= 0.3 is 0 Å². The SMILES string of the molecule is COC(OC)c1ccc(O)c(F)c1. The van der Waals surface area contributed by atoms with Gasteiger partial charge in [0.2, 0.25) is 0 Å². The van der Waals surface area contributed by atoms with Gasteiger partial charge in [0.25, 0.3) is 0 Å². The molecule has 0 unspecified atom stereocenters. The number of hydrogen-bond donors (Lipinski definition) is 1. The molecular formula is C9H11FO3. The van der Waals surface area contributed by atoms with E-state index in [1.165, 1.54) is 32.4 Å². The van der Waals surface area contributed by atoms with Crippen molar-refractivity contribution in [2.45, 2.75) is 6.29 Å². The number of phenols is 1. The molecule has 13 heavy (non-hydrogen) atoms. The highest BCUT2D eigenvalue weighted by atomic mass is 19.1. The molecule has 1 rings (SSSR count). The maximum absolute atomic E-state index is 12.9. The van der Waals surface area contributed by atoms with Gasteiger partial charge in [-0.1, -0.05) is 6.07 Å². The molecule has 0 bridgehead atoms. The fraction of sp³-hybridized carbons (Fsp3) is 0.333. The third-order valence-corrected chi connectivity index (χ3v) is 1.67. The Morgan fingerprint density at radius 3 is 2.38 bits per heavy atom. The van der Waals surface area contributed by atoms with Crippen molar-refractivity contribution in [3.8, 4) is 5.75 Å². The first-order valence-corrected chi connectivity index (χ1v) is 3.73.